The Morgan fingerprint density at radius 3 is 2.29 bits per heavy atom. The Balaban J connectivity index is 2.33. The molecule has 0 fully saturated rings. The second-order valence-electron chi connectivity index (χ2n) is 4.62. The standard InChI is InChI=1S/C13H17N3O5/c1-8(17)7-14-13(21)9(2)15-10(18)5-6-16-11(19)3-4-12(16)20/h3-4,9H,5-7H2,1-2H3,(H,14,21)(H,15,18)/t9-/m0/s1. The van der Waals surface area contributed by atoms with E-state index in [4.69, 9.17) is 0 Å². The lowest BCUT2D eigenvalue weighted by molar-refractivity contribution is -0.137. The number of hydrogen-bond donors (Lipinski definition) is 2. The first kappa shape index (κ1) is 16.5. The maximum absolute atomic E-state index is 11.6. The van der Waals surface area contributed by atoms with Crippen LogP contribution in [-0.2, 0) is 24.0 Å². The van der Waals surface area contributed by atoms with Gasteiger partial charge in [-0.1, -0.05) is 0 Å². The maximum Gasteiger partial charge on any atom is 0.253 e. The van der Waals surface area contributed by atoms with Crippen molar-refractivity contribution >= 4 is 29.4 Å². The van der Waals surface area contributed by atoms with Crippen LogP contribution in [0.15, 0.2) is 12.2 Å². The summed E-state index contributed by atoms with van der Waals surface area (Å²) in [7, 11) is 0. The van der Waals surface area contributed by atoms with Crippen LogP contribution in [0.2, 0.25) is 0 Å². The first-order valence-electron chi connectivity index (χ1n) is 6.41. The van der Waals surface area contributed by atoms with E-state index in [1.165, 1.54) is 13.8 Å². The molecule has 8 heteroatoms. The highest BCUT2D eigenvalue weighted by Crippen LogP contribution is 2.04. The van der Waals surface area contributed by atoms with E-state index < -0.39 is 29.7 Å². The molecule has 0 aromatic heterocycles. The Bertz CT molecular complexity index is 494. The van der Waals surface area contributed by atoms with Gasteiger partial charge in [-0.3, -0.25) is 28.9 Å². The fraction of sp³-hybridized carbons (Fsp3) is 0.462. The van der Waals surface area contributed by atoms with E-state index in [0.717, 1.165) is 17.1 Å². The fourth-order valence-electron chi connectivity index (χ4n) is 1.61. The largest absolute Gasteiger partial charge is 0.347 e. The van der Waals surface area contributed by atoms with Gasteiger partial charge >= 0.3 is 0 Å². The Morgan fingerprint density at radius 1 is 1.19 bits per heavy atom. The Kier molecular flexibility index (Phi) is 5.77. The van der Waals surface area contributed by atoms with E-state index in [0.29, 0.717) is 0 Å². The molecule has 1 heterocycles. The highest BCUT2D eigenvalue weighted by atomic mass is 16.2. The molecule has 0 saturated heterocycles. The predicted octanol–water partition coefficient (Wildman–Crippen LogP) is -1.49. The number of ketones is 1. The molecule has 4 amide bonds. The van der Waals surface area contributed by atoms with Crippen LogP contribution in [0, 0.1) is 0 Å². The zero-order valence-electron chi connectivity index (χ0n) is 11.8. The number of carbonyl (C=O) groups excluding carboxylic acids is 5. The van der Waals surface area contributed by atoms with Gasteiger partial charge in [0.15, 0.2) is 0 Å². The number of rotatable bonds is 7. The van der Waals surface area contributed by atoms with E-state index in [9.17, 15) is 24.0 Å². The first-order valence-corrected chi connectivity index (χ1v) is 6.41. The second-order valence-corrected chi connectivity index (χ2v) is 4.62. The summed E-state index contributed by atoms with van der Waals surface area (Å²) in [4.78, 5) is 57.4. The van der Waals surface area contributed by atoms with Crippen molar-refractivity contribution in [2.45, 2.75) is 26.3 Å². The minimum Gasteiger partial charge on any atom is -0.347 e. The second kappa shape index (κ2) is 7.32. The molecule has 0 spiro atoms. The van der Waals surface area contributed by atoms with Gasteiger partial charge in [0, 0.05) is 25.1 Å². The average molecular weight is 295 g/mol. The summed E-state index contributed by atoms with van der Waals surface area (Å²) in [6.07, 6.45) is 2.18. The van der Waals surface area contributed by atoms with Crippen LogP contribution in [0.4, 0.5) is 0 Å². The molecule has 0 bridgehead atoms. The number of nitrogens with one attached hydrogen (secondary N) is 2. The molecule has 0 aromatic carbocycles. The minimum atomic E-state index is -0.806. The van der Waals surface area contributed by atoms with Crippen LogP contribution in [0.3, 0.4) is 0 Å². The van der Waals surface area contributed by atoms with Crippen molar-refractivity contribution in [3.05, 3.63) is 12.2 Å². The monoisotopic (exact) mass is 295 g/mol. The van der Waals surface area contributed by atoms with Crippen molar-refractivity contribution in [1.29, 1.82) is 0 Å². The van der Waals surface area contributed by atoms with Crippen molar-refractivity contribution in [3.63, 3.8) is 0 Å². The van der Waals surface area contributed by atoms with Gasteiger partial charge in [0.2, 0.25) is 11.8 Å². The van der Waals surface area contributed by atoms with E-state index in [1.54, 1.807) is 0 Å². The summed E-state index contributed by atoms with van der Waals surface area (Å²) in [5.41, 5.74) is 0. The molecule has 21 heavy (non-hydrogen) atoms. The van der Waals surface area contributed by atoms with Crippen LogP contribution >= 0.6 is 0 Å². The average Bonchev–Trinajstić information content (AvgIpc) is 2.72. The number of Topliss-reactive ketones (excluding diaryl/α,β-unsaturated/α-hetero) is 1. The van der Waals surface area contributed by atoms with Crippen LogP contribution < -0.4 is 10.6 Å². The topological polar surface area (TPSA) is 113 Å². The van der Waals surface area contributed by atoms with Crippen molar-refractivity contribution < 1.29 is 24.0 Å². The number of amides is 4. The predicted molar refractivity (Wildman–Crippen MR) is 71.8 cm³/mol. The summed E-state index contributed by atoms with van der Waals surface area (Å²) in [5.74, 6) is -2.05. The zero-order chi connectivity index (χ0) is 16.0. The highest BCUT2D eigenvalue weighted by molar-refractivity contribution is 6.13. The SMILES string of the molecule is CC(=O)CNC(=O)[C@H](C)NC(=O)CCN1C(=O)C=CC1=O. The molecule has 0 saturated carbocycles. The number of imide groups is 1. The highest BCUT2D eigenvalue weighted by Gasteiger charge is 2.24. The summed E-state index contributed by atoms with van der Waals surface area (Å²) in [5, 5.41) is 4.79. The molecule has 1 aliphatic rings. The van der Waals surface area contributed by atoms with E-state index in [1.807, 2.05) is 0 Å². The maximum atomic E-state index is 11.6. The van der Waals surface area contributed by atoms with E-state index in [-0.39, 0.29) is 25.3 Å². The molecular weight excluding hydrogens is 278 g/mol. The van der Waals surface area contributed by atoms with Gasteiger partial charge < -0.3 is 10.6 Å². The zero-order valence-corrected chi connectivity index (χ0v) is 11.8. The summed E-state index contributed by atoms with van der Waals surface area (Å²) in [6.45, 7) is 2.67. The molecule has 0 unspecified atom stereocenters. The lowest BCUT2D eigenvalue weighted by Crippen LogP contribution is -2.46. The number of nitrogens with zero attached hydrogens (tertiary/aromatic N) is 1. The summed E-state index contributed by atoms with van der Waals surface area (Å²) < 4.78 is 0. The Hall–Kier alpha value is -2.51. The van der Waals surface area contributed by atoms with Gasteiger partial charge in [-0.15, -0.1) is 0 Å². The van der Waals surface area contributed by atoms with Crippen molar-refractivity contribution in [2.75, 3.05) is 13.1 Å². The molecule has 0 radical (unpaired) electrons. The van der Waals surface area contributed by atoms with Gasteiger partial charge in [-0.2, -0.15) is 0 Å². The van der Waals surface area contributed by atoms with Crippen molar-refractivity contribution in [2.24, 2.45) is 0 Å². The van der Waals surface area contributed by atoms with Gasteiger partial charge in [0.25, 0.3) is 11.8 Å². The third-order valence-corrected chi connectivity index (χ3v) is 2.75. The molecule has 1 atom stereocenters. The molecule has 0 aromatic rings. The van der Waals surface area contributed by atoms with Crippen LogP contribution in [-0.4, -0.2) is 53.4 Å². The van der Waals surface area contributed by atoms with Crippen LogP contribution in [0.1, 0.15) is 20.3 Å². The third kappa shape index (κ3) is 5.17. The van der Waals surface area contributed by atoms with Gasteiger partial charge in [-0.25, -0.2) is 0 Å². The third-order valence-electron chi connectivity index (χ3n) is 2.75. The quantitative estimate of drug-likeness (QED) is 0.556. The van der Waals surface area contributed by atoms with E-state index >= 15 is 0 Å². The van der Waals surface area contributed by atoms with Crippen molar-refractivity contribution in [1.82, 2.24) is 15.5 Å². The first-order chi connectivity index (χ1) is 9.81. The molecule has 2 N–H and O–H groups in total. The Morgan fingerprint density at radius 2 is 1.76 bits per heavy atom. The molecule has 1 aliphatic heterocycles. The van der Waals surface area contributed by atoms with Gasteiger partial charge in [-0.05, 0) is 13.8 Å². The molecule has 8 nitrogen and oxygen atoms in total. The minimum absolute atomic E-state index is 0.0434. The summed E-state index contributed by atoms with van der Waals surface area (Å²) >= 11 is 0. The van der Waals surface area contributed by atoms with Crippen molar-refractivity contribution in [3.8, 4) is 0 Å². The molecule has 114 valence electrons. The van der Waals surface area contributed by atoms with Crippen LogP contribution in [0.5, 0.6) is 0 Å². The fourth-order valence-corrected chi connectivity index (χ4v) is 1.61. The Labute approximate surface area is 121 Å². The van der Waals surface area contributed by atoms with Gasteiger partial charge in [0.05, 0.1) is 6.54 Å². The normalized spacial score (nSPS) is 15.0. The van der Waals surface area contributed by atoms with Gasteiger partial charge in [0.1, 0.15) is 11.8 Å². The van der Waals surface area contributed by atoms with E-state index in [2.05, 4.69) is 10.6 Å². The molecular formula is C13H17N3O5. The molecule has 1 rings (SSSR count). The smallest absolute Gasteiger partial charge is 0.253 e. The number of carbonyl (C=O) groups is 5. The summed E-state index contributed by atoms with van der Waals surface area (Å²) in [6, 6.07) is -0.806. The van der Waals surface area contributed by atoms with Crippen LogP contribution in [0.25, 0.3) is 0 Å². The lowest BCUT2D eigenvalue weighted by Gasteiger charge is -2.16. The lowest BCUT2D eigenvalue weighted by atomic mass is 10.2. The number of hydrogen-bond acceptors (Lipinski definition) is 5. The molecule has 0 aliphatic carbocycles.